The Morgan fingerprint density at radius 1 is 0.793 bits per heavy atom. The van der Waals surface area contributed by atoms with E-state index in [1.165, 1.54) is 20.8 Å². The average Bonchev–Trinajstić information content (AvgIpc) is 2.51. The minimum Gasteiger partial charge on any atom is -0.294 e. The molecule has 1 unspecified atom stereocenters. The molecule has 0 amide bonds. The molecule has 0 radical (unpaired) electrons. The van der Waals surface area contributed by atoms with Gasteiger partial charge in [0.15, 0.2) is 11.6 Å². The molecule has 29 heavy (non-hydrogen) atoms. The number of carbonyl (C=O) groups excluding carboxylic acids is 1. The largest absolute Gasteiger partial charge is 0.460 e. The van der Waals surface area contributed by atoms with Gasteiger partial charge in [0.25, 0.3) is 0 Å². The molecule has 1 nitrogen and oxygen atoms in total. The Bertz CT molecular complexity index is 681. The van der Waals surface area contributed by atoms with Gasteiger partial charge < -0.3 is 0 Å². The molecule has 0 N–H and O–H groups in total. The van der Waals surface area contributed by atoms with Crippen molar-refractivity contribution >= 4 is 5.78 Å². The molecule has 0 bridgehead atoms. The second-order valence-corrected chi connectivity index (χ2v) is 7.82. The van der Waals surface area contributed by atoms with Gasteiger partial charge in [-0.2, -0.15) is 48.3 Å². The normalized spacial score (nSPS) is 22.7. The first kappa shape index (κ1) is 25.6. The molecule has 0 saturated heterocycles. The fraction of sp³-hybridized carbons (Fsp3) is 0.812. The zero-order valence-electron chi connectivity index (χ0n) is 15.1. The maximum absolute atomic E-state index is 14.2. The second-order valence-electron chi connectivity index (χ2n) is 7.82. The van der Waals surface area contributed by atoms with Gasteiger partial charge in [0, 0.05) is 12.0 Å². The van der Waals surface area contributed by atoms with Crippen LogP contribution in [-0.2, 0) is 4.79 Å². The Kier molecular flexibility index (Phi) is 6.24. The van der Waals surface area contributed by atoms with Gasteiger partial charge in [-0.3, -0.25) is 4.79 Å². The summed E-state index contributed by atoms with van der Waals surface area (Å²) in [5, 5.41) is 0. The van der Waals surface area contributed by atoms with Crippen LogP contribution in [0.1, 0.15) is 40.0 Å². The van der Waals surface area contributed by atoms with Crippen molar-refractivity contribution in [1.82, 2.24) is 0 Å². The number of carbonyl (C=O) groups is 1. The van der Waals surface area contributed by atoms with Crippen molar-refractivity contribution in [3.8, 4) is 0 Å². The van der Waals surface area contributed by atoms with Gasteiger partial charge in [-0.15, -0.1) is 0 Å². The summed E-state index contributed by atoms with van der Waals surface area (Å²) in [6, 6.07) is 0. The predicted molar refractivity (Wildman–Crippen MR) is 75.8 cm³/mol. The van der Waals surface area contributed by atoms with Crippen LogP contribution in [0.5, 0.6) is 0 Å². The van der Waals surface area contributed by atoms with Gasteiger partial charge in [-0.05, 0) is 24.2 Å². The molecule has 1 atom stereocenters. The van der Waals surface area contributed by atoms with Crippen molar-refractivity contribution in [3.63, 3.8) is 0 Å². The Hall–Kier alpha value is -1.43. The number of allylic oxidation sites excluding steroid dienone is 2. The van der Waals surface area contributed by atoms with Crippen LogP contribution in [-0.4, -0.2) is 35.6 Å². The molecule has 0 heterocycles. The average molecular weight is 452 g/mol. The van der Waals surface area contributed by atoms with Gasteiger partial charge in [0.05, 0.1) is 0 Å². The lowest BCUT2D eigenvalue weighted by Gasteiger charge is -2.38. The topological polar surface area (TPSA) is 17.1 Å². The van der Waals surface area contributed by atoms with Crippen molar-refractivity contribution < 1.29 is 57.5 Å². The molecular weight excluding hydrogens is 436 g/mol. The summed E-state index contributed by atoms with van der Waals surface area (Å²) >= 11 is 0. The molecule has 0 aromatic heterocycles. The van der Waals surface area contributed by atoms with Crippen molar-refractivity contribution in [3.05, 3.63) is 11.4 Å². The lowest BCUT2D eigenvalue weighted by Crippen LogP contribution is -2.66. The van der Waals surface area contributed by atoms with Crippen molar-refractivity contribution in [2.45, 2.75) is 69.9 Å². The summed E-state index contributed by atoms with van der Waals surface area (Å²) < 4.78 is 158. The van der Waals surface area contributed by atoms with E-state index in [-0.39, 0.29) is 6.42 Å². The maximum atomic E-state index is 14.2. The van der Waals surface area contributed by atoms with Crippen molar-refractivity contribution in [2.24, 2.45) is 11.3 Å². The number of hydrogen-bond acceptors (Lipinski definition) is 1. The molecule has 1 rings (SSSR count). The van der Waals surface area contributed by atoms with Crippen LogP contribution in [0.15, 0.2) is 11.4 Å². The van der Waals surface area contributed by atoms with Crippen LogP contribution in [0.25, 0.3) is 0 Å². The number of halogens is 12. The maximum Gasteiger partial charge on any atom is 0.460 e. The number of Topliss-reactive ketones (excluding diaryl/α,β-unsaturated/α-hetero) is 1. The van der Waals surface area contributed by atoms with E-state index in [2.05, 4.69) is 0 Å². The molecule has 0 spiro atoms. The number of alkyl halides is 11. The Labute approximate surface area is 157 Å². The Balaban J connectivity index is 3.54. The van der Waals surface area contributed by atoms with E-state index in [1.54, 1.807) is 0 Å². The summed E-state index contributed by atoms with van der Waals surface area (Å²) in [6.45, 7) is 4.56. The number of ketones is 1. The predicted octanol–water partition coefficient (Wildman–Crippen LogP) is 6.73. The molecule has 0 aromatic carbocycles. The highest BCUT2D eigenvalue weighted by Gasteiger charge is 2.88. The van der Waals surface area contributed by atoms with Gasteiger partial charge in [0.2, 0.25) is 0 Å². The van der Waals surface area contributed by atoms with E-state index in [9.17, 15) is 57.5 Å². The van der Waals surface area contributed by atoms with Crippen LogP contribution in [0, 0.1) is 11.3 Å². The fourth-order valence-corrected chi connectivity index (χ4v) is 2.77. The number of hydrogen-bond donors (Lipinski definition) is 0. The van der Waals surface area contributed by atoms with E-state index >= 15 is 0 Å². The van der Waals surface area contributed by atoms with Crippen LogP contribution >= 0.6 is 0 Å². The van der Waals surface area contributed by atoms with Gasteiger partial charge in [0.1, 0.15) is 0 Å². The first-order valence-corrected chi connectivity index (χ1v) is 8.03. The van der Waals surface area contributed by atoms with Crippen LogP contribution < -0.4 is 0 Å². The molecular formula is C16H16F12O. The molecule has 1 saturated carbocycles. The summed E-state index contributed by atoms with van der Waals surface area (Å²) in [5.41, 5.74) is -2.40. The summed E-state index contributed by atoms with van der Waals surface area (Å²) in [5.74, 6) is -35.3. The third kappa shape index (κ3) is 3.97. The van der Waals surface area contributed by atoms with Crippen LogP contribution in [0.2, 0.25) is 0 Å². The third-order valence-corrected chi connectivity index (χ3v) is 4.81. The first-order valence-electron chi connectivity index (χ1n) is 8.03. The monoisotopic (exact) mass is 452 g/mol. The highest BCUT2D eigenvalue weighted by Crippen LogP contribution is 2.59. The zero-order valence-corrected chi connectivity index (χ0v) is 15.1. The van der Waals surface area contributed by atoms with Crippen LogP contribution in [0.3, 0.4) is 0 Å². The van der Waals surface area contributed by atoms with Gasteiger partial charge in [-0.1, -0.05) is 20.8 Å². The van der Waals surface area contributed by atoms with E-state index in [1.807, 2.05) is 0 Å². The van der Waals surface area contributed by atoms with Gasteiger partial charge >= 0.3 is 29.9 Å². The number of rotatable bonds is 4. The minimum absolute atomic E-state index is 0.0172. The molecule has 0 aromatic rings. The lowest BCUT2D eigenvalue weighted by molar-refractivity contribution is -0.419. The van der Waals surface area contributed by atoms with Crippen molar-refractivity contribution in [1.29, 1.82) is 0 Å². The molecule has 1 fully saturated rings. The van der Waals surface area contributed by atoms with E-state index in [0.29, 0.717) is 0 Å². The summed E-state index contributed by atoms with van der Waals surface area (Å²) in [7, 11) is 0. The zero-order chi connectivity index (χ0) is 23.4. The smallest absolute Gasteiger partial charge is 0.294 e. The first-order chi connectivity index (χ1) is 12.5. The highest BCUT2D eigenvalue weighted by molar-refractivity contribution is 5.96. The second kappa shape index (κ2) is 7.07. The summed E-state index contributed by atoms with van der Waals surface area (Å²) in [4.78, 5) is 11.7. The Morgan fingerprint density at radius 2 is 1.24 bits per heavy atom. The quantitative estimate of drug-likeness (QED) is 0.342. The van der Waals surface area contributed by atoms with Crippen LogP contribution in [0.4, 0.5) is 52.7 Å². The fourth-order valence-electron chi connectivity index (χ4n) is 2.77. The van der Waals surface area contributed by atoms with Gasteiger partial charge in [-0.25, -0.2) is 4.39 Å². The third-order valence-electron chi connectivity index (χ3n) is 4.81. The molecule has 0 aliphatic heterocycles. The van der Waals surface area contributed by atoms with E-state index in [4.69, 9.17) is 0 Å². The highest BCUT2D eigenvalue weighted by atomic mass is 19.4. The Morgan fingerprint density at radius 3 is 1.62 bits per heavy atom. The standard InChI is InChI=1S/C16H16F12O/c1-11(2,3)7-4-5-9(29)8(6-7)10(17)12(18,19)13(20,21)14(22,23)15(24,25)16(26,27)28/h7H,4-6H2,1-3H3/b10-8+. The lowest BCUT2D eigenvalue weighted by atomic mass is 9.70. The molecule has 1 aliphatic carbocycles. The summed E-state index contributed by atoms with van der Waals surface area (Å²) in [6.07, 6.45) is -8.84. The van der Waals surface area contributed by atoms with Crippen molar-refractivity contribution in [2.75, 3.05) is 0 Å². The SMILES string of the molecule is CC(C)(C)C1CCC(=O)/C(=C(/F)C(F)(F)C(F)(F)C(F)(F)C(F)(F)C(F)(F)F)C1. The van der Waals surface area contributed by atoms with E-state index < -0.39 is 71.2 Å². The molecule has 170 valence electrons. The molecule has 13 heteroatoms. The molecule has 1 aliphatic rings. The minimum atomic E-state index is -7.72. The van der Waals surface area contributed by atoms with E-state index in [0.717, 1.165) is 0 Å².